The molecule has 1 aromatic rings. The van der Waals surface area contributed by atoms with Crippen molar-refractivity contribution in [3.05, 3.63) is 29.8 Å². The first-order valence-electron chi connectivity index (χ1n) is 10.8. The Balaban J connectivity index is 1.29. The van der Waals surface area contributed by atoms with Crippen LogP contribution in [-0.4, -0.2) is 61.8 Å². The molecular formula is C22H33N3O3. The van der Waals surface area contributed by atoms with Crippen LogP contribution in [0.3, 0.4) is 0 Å². The molecule has 3 saturated heterocycles. The highest BCUT2D eigenvalue weighted by Gasteiger charge is 2.42. The summed E-state index contributed by atoms with van der Waals surface area (Å²) in [5.74, 6) is 0.809. The summed E-state index contributed by atoms with van der Waals surface area (Å²) >= 11 is 0. The maximum absolute atomic E-state index is 12.4. The molecule has 1 unspecified atom stereocenters. The molecule has 6 heteroatoms. The third-order valence-corrected chi connectivity index (χ3v) is 6.44. The van der Waals surface area contributed by atoms with Crippen molar-refractivity contribution in [1.29, 1.82) is 0 Å². The van der Waals surface area contributed by atoms with Gasteiger partial charge in [0.25, 0.3) is 5.91 Å². The van der Waals surface area contributed by atoms with Crippen LogP contribution in [0, 0.1) is 0 Å². The Morgan fingerprint density at radius 2 is 2.04 bits per heavy atom. The molecule has 1 spiro atoms. The van der Waals surface area contributed by atoms with Gasteiger partial charge < -0.3 is 25.0 Å². The molecule has 0 saturated carbocycles. The Morgan fingerprint density at radius 1 is 1.25 bits per heavy atom. The molecule has 1 amide bonds. The lowest BCUT2D eigenvalue weighted by Crippen LogP contribution is -2.57. The highest BCUT2D eigenvalue weighted by molar-refractivity contribution is 5.83. The molecule has 0 aliphatic carbocycles. The van der Waals surface area contributed by atoms with Crippen LogP contribution in [0.2, 0.25) is 0 Å². The van der Waals surface area contributed by atoms with Crippen molar-refractivity contribution >= 4 is 5.91 Å². The fraction of sp³-hybridized carbons (Fsp3) is 0.682. The van der Waals surface area contributed by atoms with Gasteiger partial charge in [0.05, 0.1) is 12.2 Å². The number of hydrogen-bond acceptors (Lipinski definition) is 5. The molecule has 4 rings (SSSR count). The second-order valence-electron chi connectivity index (χ2n) is 8.45. The second-order valence-corrected chi connectivity index (χ2v) is 8.45. The summed E-state index contributed by atoms with van der Waals surface area (Å²) in [6.45, 7) is 7.84. The lowest BCUT2D eigenvalue weighted by molar-refractivity contribution is -0.167. The molecule has 6 nitrogen and oxygen atoms in total. The fourth-order valence-corrected chi connectivity index (χ4v) is 4.60. The number of nitrogens with one attached hydrogen (secondary N) is 2. The molecule has 0 aromatic heterocycles. The quantitative estimate of drug-likeness (QED) is 0.733. The number of benzene rings is 1. The molecule has 2 atom stereocenters. The minimum Gasteiger partial charge on any atom is -0.494 e. The first kappa shape index (κ1) is 19.7. The average Bonchev–Trinajstić information content (AvgIpc) is 3.13. The lowest BCUT2D eigenvalue weighted by Gasteiger charge is -2.43. The van der Waals surface area contributed by atoms with Gasteiger partial charge in [0, 0.05) is 19.1 Å². The van der Waals surface area contributed by atoms with Crippen molar-refractivity contribution < 1.29 is 14.3 Å². The monoisotopic (exact) mass is 387 g/mol. The summed E-state index contributed by atoms with van der Waals surface area (Å²) in [4.78, 5) is 14.9. The molecule has 1 aromatic carbocycles. The summed E-state index contributed by atoms with van der Waals surface area (Å²) in [5.41, 5.74) is 0.666. The molecule has 154 valence electrons. The largest absolute Gasteiger partial charge is 0.494 e. The highest BCUT2D eigenvalue weighted by Crippen LogP contribution is 2.34. The van der Waals surface area contributed by atoms with Crippen molar-refractivity contribution in [1.82, 2.24) is 15.5 Å². The predicted octanol–water partition coefficient (Wildman–Crippen LogP) is 2.25. The van der Waals surface area contributed by atoms with Crippen LogP contribution in [0.25, 0.3) is 0 Å². The molecule has 2 N–H and O–H groups in total. The summed E-state index contributed by atoms with van der Waals surface area (Å²) in [7, 11) is 0. The summed E-state index contributed by atoms with van der Waals surface area (Å²) in [5, 5.41) is 6.41. The van der Waals surface area contributed by atoms with E-state index in [1.54, 1.807) is 0 Å². The minimum absolute atomic E-state index is 0.0439. The molecule has 0 bridgehead atoms. The van der Waals surface area contributed by atoms with Gasteiger partial charge in [-0.05, 0) is 76.4 Å². The van der Waals surface area contributed by atoms with Gasteiger partial charge in [0.15, 0.2) is 6.10 Å². The van der Waals surface area contributed by atoms with Gasteiger partial charge in [-0.15, -0.1) is 0 Å². The topological polar surface area (TPSA) is 62.8 Å². The van der Waals surface area contributed by atoms with Gasteiger partial charge in [-0.25, -0.2) is 0 Å². The van der Waals surface area contributed by atoms with Crippen molar-refractivity contribution in [2.45, 2.75) is 56.8 Å². The van der Waals surface area contributed by atoms with E-state index in [-0.39, 0.29) is 11.5 Å². The number of hydrogen-bond donors (Lipinski definition) is 2. The standard InChI is InChI=1S/C22H33N3O3/c1-17-4-2-13-25(17)14-3-15-27-19-7-5-18(6-8-19)20-21(26)24-16-22(28-20)9-11-23-12-10-22/h5-8,17,20,23H,2-4,9-16H2,1H3,(H,24,26)/t17-,20?/m1/s1. The van der Waals surface area contributed by atoms with Crippen LogP contribution in [0.4, 0.5) is 0 Å². The minimum atomic E-state index is -0.530. The van der Waals surface area contributed by atoms with Gasteiger partial charge in [0.2, 0.25) is 0 Å². The molecule has 28 heavy (non-hydrogen) atoms. The van der Waals surface area contributed by atoms with Crippen LogP contribution in [0.1, 0.15) is 50.7 Å². The molecular weight excluding hydrogens is 354 g/mol. The van der Waals surface area contributed by atoms with Gasteiger partial charge in [-0.1, -0.05) is 12.1 Å². The van der Waals surface area contributed by atoms with E-state index in [1.807, 2.05) is 24.3 Å². The van der Waals surface area contributed by atoms with E-state index in [0.29, 0.717) is 12.6 Å². The third-order valence-electron chi connectivity index (χ3n) is 6.44. The van der Waals surface area contributed by atoms with Gasteiger partial charge in [0.1, 0.15) is 5.75 Å². The van der Waals surface area contributed by atoms with Crippen LogP contribution < -0.4 is 15.4 Å². The second kappa shape index (κ2) is 8.80. The first-order valence-corrected chi connectivity index (χ1v) is 10.8. The van der Waals surface area contributed by atoms with E-state index in [2.05, 4.69) is 22.5 Å². The van der Waals surface area contributed by atoms with E-state index >= 15 is 0 Å². The maximum atomic E-state index is 12.4. The highest BCUT2D eigenvalue weighted by atomic mass is 16.5. The van der Waals surface area contributed by atoms with Crippen LogP contribution in [-0.2, 0) is 9.53 Å². The number of likely N-dealkylation sites (tertiary alicyclic amines) is 1. The van der Waals surface area contributed by atoms with E-state index in [4.69, 9.17) is 9.47 Å². The van der Waals surface area contributed by atoms with Gasteiger partial charge in [-0.3, -0.25) is 4.79 Å². The summed E-state index contributed by atoms with van der Waals surface area (Å²) in [6.07, 6.45) is 5.00. The normalized spacial score (nSPS) is 27.7. The van der Waals surface area contributed by atoms with Crippen molar-refractivity contribution in [3.63, 3.8) is 0 Å². The zero-order valence-corrected chi connectivity index (χ0v) is 16.9. The van der Waals surface area contributed by atoms with Crippen LogP contribution in [0.5, 0.6) is 5.75 Å². The first-order chi connectivity index (χ1) is 13.7. The smallest absolute Gasteiger partial charge is 0.253 e. The number of carbonyl (C=O) groups excluding carboxylic acids is 1. The third kappa shape index (κ3) is 4.50. The van der Waals surface area contributed by atoms with Crippen molar-refractivity contribution in [2.24, 2.45) is 0 Å². The molecule has 3 fully saturated rings. The number of nitrogens with zero attached hydrogens (tertiary/aromatic N) is 1. The number of ether oxygens (including phenoxy) is 2. The molecule has 3 aliphatic heterocycles. The Hall–Kier alpha value is -1.63. The zero-order valence-electron chi connectivity index (χ0n) is 16.9. The Morgan fingerprint density at radius 3 is 2.75 bits per heavy atom. The number of amides is 1. The number of carbonyl (C=O) groups is 1. The predicted molar refractivity (Wildman–Crippen MR) is 108 cm³/mol. The molecule has 3 heterocycles. The molecule has 0 radical (unpaired) electrons. The van der Waals surface area contributed by atoms with Crippen molar-refractivity contribution in [3.8, 4) is 5.75 Å². The van der Waals surface area contributed by atoms with E-state index in [0.717, 1.165) is 56.8 Å². The van der Waals surface area contributed by atoms with Gasteiger partial charge in [-0.2, -0.15) is 0 Å². The SMILES string of the molecule is C[C@@H]1CCCN1CCCOc1ccc(C2OC3(CCNCC3)CNC2=O)cc1. The lowest BCUT2D eigenvalue weighted by atomic mass is 9.89. The van der Waals surface area contributed by atoms with Gasteiger partial charge >= 0.3 is 0 Å². The fourth-order valence-electron chi connectivity index (χ4n) is 4.60. The average molecular weight is 388 g/mol. The Bertz CT molecular complexity index is 657. The number of rotatable bonds is 6. The van der Waals surface area contributed by atoms with Crippen molar-refractivity contribution in [2.75, 3.05) is 39.3 Å². The number of morpholine rings is 1. The van der Waals surface area contributed by atoms with E-state index in [1.165, 1.54) is 19.4 Å². The van der Waals surface area contributed by atoms with E-state index < -0.39 is 6.10 Å². The van der Waals surface area contributed by atoms with E-state index in [9.17, 15) is 4.79 Å². The number of piperidine rings is 1. The Kier molecular flexibility index (Phi) is 6.19. The summed E-state index contributed by atoms with van der Waals surface area (Å²) in [6, 6.07) is 8.54. The zero-order chi connectivity index (χ0) is 19.4. The van der Waals surface area contributed by atoms with Crippen LogP contribution in [0.15, 0.2) is 24.3 Å². The van der Waals surface area contributed by atoms with Crippen LogP contribution >= 0.6 is 0 Å². The Labute approximate surface area is 168 Å². The summed E-state index contributed by atoms with van der Waals surface area (Å²) < 4.78 is 12.2. The molecule has 3 aliphatic rings. The maximum Gasteiger partial charge on any atom is 0.253 e.